The van der Waals surface area contributed by atoms with Gasteiger partial charge in [-0.3, -0.25) is 9.78 Å². The Morgan fingerprint density at radius 3 is 2.62 bits per heavy atom. The molecule has 0 saturated heterocycles. The van der Waals surface area contributed by atoms with Crippen LogP contribution in [-0.4, -0.2) is 30.2 Å². The summed E-state index contributed by atoms with van der Waals surface area (Å²) in [5.74, 6) is 0.478. The van der Waals surface area contributed by atoms with Crippen LogP contribution in [0.25, 0.3) is 10.9 Å². The fourth-order valence-corrected chi connectivity index (χ4v) is 2.43. The van der Waals surface area contributed by atoms with Crippen LogP contribution >= 0.6 is 0 Å². The standard InChI is InChI=1S/C18H16N2O4/c1-23-14-8-6-12(10-15(14)24-2)20-18(22)13-7-5-11-4-3-9-19-16(11)17(13)21/h3-10,21H,1-2H3,(H,20,22). The van der Waals surface area contributed by atoms with Gasteiger partial charge in [-0.05, 0) is 24.3 Å². The van der Waals surface area contributed by atoms with Crippen molar-refractivity contribution < 1.29 is 19.4 Å². The number of phenols is 1. The number of nitrogens with one attached hydrogen (secondary N) is 1. The van der Waals surface area contributed by atoms with Gasteiger partial charge in [-0.1, -0.05) is 12.1 Å². The summed E-state index contributed by atoms with van der Waals surface area (Å²) < 4.78 is 10.4. The third-order valence-electron chi connectivity index (χ3n) is 3.63. The molecule has 0 aliphatic carbocycles. The van der Waals surface area contributed by atoms with Crippen LogP contribution < -0.4 is 14.8 Å². The van der Waals surface area contributed by atoms with Gasteiger partial charge in [0.1, 0.15) is 5.52 Å². The minimum absolute atomic E-state index is 0.147. The summed E-state index contributed by atoms with van der Waals surface area (Å²) in [6.07, 6.45) is 1.57. The number of hydrogen-bond acceptors (Lipinski definition) is 5. The minimum atomic E-state index is -0.438. The maximum Gasteiger partial charge on any atom is 0.259 e. The van der Waals surface area contributed by atoms with Crippen LogP contribution in [0, 0.1) is 0 Å². The molecular weight excluding hydrogens is 308 g/mol. The Hall–Kier alpha value is -3.28. The van der Waals surface area contributed by atoms with Crippen LogP contribution in [0.15, 0.2) is 48.7 Å². The molecule has 2 aromatic carbocycles. The number of amides is 1. The van der Waals surface area contributed by atoms with Gasteiger partial charge in [-0.25, -0.2) is 0 Å². The Balaban J connectivity index is 1.91. The van der Waals surface area contributed by atoms with Crippen LogP contribution in [0.5, 0.6) is 17.2 Å². The summed E-state index contributed by atoms with van der Waals surface area (Å²) in [5.41, 5.74) is 1.06. The summed E-state index contributed by atoms with van der Waals surface area (Å²) >= 11 is 0. The molecule has 3 aromatic rings. The predicted molar refractivity (Wildman–Crippen MR) is 90.9 cm³/mol. The number of fused-ring (bicyclic) bond motifs is 1. The van der Waals surface area contributed by atoms with Gasteiger partial charge in [-0.2, -0.15) is 0 Å². The van der Waals surface area contributed by atoms with Crippen molar-refractivity contribution in [1.29, 1.82) is 0 Å². The van der Waals surface area contributed by atoms with Crippen molar-refractivity contribution in [3.63, 3.8) is 0 Å². The van der Waals surface area contributed by atoms with Gasteiger partial charge in [0, 0.05) is 23.3 Å². The molecule has 0 saturated carbocycles. The maximum atomic E-state index is 12.5. The molecule has 6 nitrogen and oxygen atoms in total. The van der Waals surface area contributed by atoms with E-state index in [0.29, 0.717) is 22.7 Å². The maximum absolute atomic E-state index is 12.5. The first-order valence-corrected chi connectivity index (χ1v) is 7.24. The molecule has 0 bridgehead atoms. The number of anilines is 1. The lowest BCUT2D eigenvalue weighted by atomic mass is 10.1. The Labute approximate surface area is 138 Å². The minimum Gasteiger partial charge on any atom is -0.505 e. The quantitative estimate of drug-likeness (QED) is 0.770. The first-order chi connectivity index (χ1) is 11.6. The van der Waals surface area contributed by atoms with E-state index in [-0.39, 0.29) is 11.3 Å². The summed E-state index contributed by atoms with van der Waals surface area (Å²) in [6, 6.07) is 11.9. The number of rotatable bonds is 4. The largest absolute Gasteiger partial charge is 0.505 e. The second-order valence-electron chi connectivity index (χ2n) is 5.06. The van der Waals surface area contributed by atoms with Crippen LogP contribution in [0.2, 0.25) is 0 Å². The Bertz CT molecular complexity index is 909. The molecule has 0 unspecified atom stereocenters. The van der Waals surface area contributed by atoms with Gasteiger partial charge in [0.2, 0.25) is 0 Å². The van der Waals surface area contributed by atoms with E-state index < -0.39 is 5.91 Å². The van der Waals surface area contributed by atoms with Crippen molar-refractivity contribution in [3.05, 3.63) is 54.2 Å². The van der Waals surface area contributed by atoms with E-state index in [1.165, 1.54) is 14.2 Å². The third-order valence-corrected chi connectivity index (χ3v) is 3.63. The van der Waals surface area contributed by atoms with Gasteiger partial charge < -0.3 is 19.9 Å². The topological polar surface area (TPSA) is 80.7 Å². The van der Waals surface area contributed by atoms with Crippen molar-refractivity contribution >= 4 is 22.5 Å². The fraction of sp³-hybridized carbons (Fsp3) is 0.111. The summed E-state index contributed by atoms with van der Waals surface area (Å²) in [5, 5.41) is 13.8. The summed E-state index contributed by atoms with van der Waals surface area (Å²) in [4.78, 5) is 16.6. The molecule has 0 atom stereocenters. The molecule has 24 heavy (non-hydrogen) atoms. The number of aromatic hydroxyl groups is 1. The van der Waals surface area contributed by atoms with Crippen molar-refractivity contribution in [3.8, 4) is 17.2 Å². The first-order valence-electron chi connectivity index (χ1n) is 7.24. The third kappa shape index (κ3) is 2.81. The molecule has 1 amide bonds. The zero-order valence-corrected chi connectivity index (χ0v) is 13.2. The van der Waals surface area contributed by atoms with Gasteiger partial charge in [0.15, 0.2) is 17.2 Å². The van der Waals surface area contributed by atoms with Gasteiger partial charge in [0.25, 0.3) is 5.91 Å². The number of methoxy groups -OCH3 is 2. The number of carbonyl (C=O) groups is 1. The number of carbonyl (C=O) groups excluding carboxylic acids is 1. The van der Waals surface area contributed by atoms with Crippen molar-refractivity contribution in [2.75, 3.05) is 19.5 Å². The number of benzene rings is 2. The number of phenolic OH excluding ortho intramolecular Hbond substituents is 1. The molecule has 0 aliphatic heterocycles. The van der Waals surface area contributed by atoms with E-state index in [2.05, 4.69) is 10.3 Å². The lowest BCUT2D eigenvalue weighted by molar-refractivity contribution is 0.102. The van der Waals surface area contributed by atoms with Gasteiger partial charge in [0.05, 0.1) is 19.8 Å². The van der Waals surface area contributed by atoms with Crippen LogP contribution in [0.4, 0.5) is 5.69 Å². The zero-order valence-electron chi connectivity index (χ0n) is 13.2. The smallest absolute Gasteiger partial charge is 0.259 e. The zero-order chi connectivity index (χ0) is 17.1. The summed E-state index contributed by atoms with van der Waals surface area (Å²) in [6.45, 7) is 0. The highest BCUT2D eigenvalue weighted by molar-refractivity contribution is 6.09. The van der Waals surface area contributed by atoms with Crippen molar-refractivity contribution in [1.82, 2.24) is 4.98 Å². The van der Waals surface area contributed by atoms with E-state index >= 15 is 0 Å². The summed E-state index contributed by atoms with van der Waals surface area (Å²) in [7, 11) is 3.06. The molecule has 0 spiro atoms. The molecule has 1 aromatic heterocycles. The predicted octanol–water partition coefficient (Wildman–Crippen LogP) is 3.21. The Morgan fingerprint density at radius 1 is 1.08 bits per heavy atom. The first kappa shape index (κ1) is 15.6. The molecule has 0 fully saturated rings. The number of pyridine rings is 1. The SMILES string of the molecule is COc1ccc(NC(=O)c2ccc3cccnc3c2O)cc1OC. The van der Waals surface area contributed by atoms with E-state index in [4.69, 9.17) is 9.47 Å². The highest BCUT2D eigenvalue weighted by Crippen LogP contribution is 2.31. The average molecular weight is 324 g/mol. The van der Waals surface area contributed by atoms with Crippen molar-refractivity contribution in [2.24, 2.45) is 0 Å². The van der Waals surface area contributed by atoms with E-state index in [9.17, 15) is 9.90 Å². The van der Waals surface area contributed by atoms with Crippen LogP contribution in [0.3, 0.4) is 0 Å². The van der Waals surface area contributed by atoms with E-state index in [0.717, 1.165) is 5.39 Å². The van der Waals surface area contributed by atoms with Crippen LogP contribution in [-0.2, 0) is 0 Å². The normalized spacial score (nSPS) is 10.4. The van der Waals surface area contributed by atoms with E-state index in [1.54, 1.807) is 42.6 Å². The molecule has 1 heterocycles. The molecule has 3 rings (SSSR count). The lowest BCUT2D eigenvalue weighted by Crippen LogP contribution is -2.12. The van der Waals surface area contributed by atoms with Gasteiger partial charge in [-0.15, -0.1) is 0 Å². The number of aromatic nitrogens is 1. The highest BCUT2D eigenvalue weighted by atomic mass is 16.5. The van der Waals surface area contributed by atoms with Gasteiger partial charge >= 0.3 is 0 Å². The molecule has 2 N–H and O–H groups in total. The second kappa shape index (κ2) is 6.45. The van der Waals surface area contributed by atoms with E-state index in [1.807, 2.05) is 6.07 Å². The second-order valence-corrected chi connectivity index (χ2v) is 5.06. The molecule has 122 valence electrons. The monoisotopic (exact) mass is 324 g/mol. The molecule has 0 radical (unpaired) electrons. The van der Waals surface area contributed by atoms with Crippen LogP contribution in [0.1, 0.15) is 10.4 Å². The lowest BCUT2D eigenvalue weighted by Gasteiger charge is -2.11. The van der Waals surface area contributed by atoms with Crippen molar-refractivity contribution in [2.45, 2.75) is 0 Å². The number of ether oxygens (including phenoxy) is 2. The highest BCUT2D eigenvalue weighted by Gasteiger charge is 2.15. The molecule has 0 aliphatic rings. The Morgan fingerprint density at radius 2 is 1.88 bits per heavy atom. The molecule has 6 heteroatoms. The fourth-order valence-electron chi connectivity index (χ4n) is 2.43. The average Bonchev–Trinajstić information content (AvgIpc) is 2.62. The number of nitrogens with zero attached hydrogens (tertiary/aromatic N) is 1. The molecular formula is C18H16N2O4. The number of hydrogen-bond donors (Lipinski definition) is 2. The Kier molecular flexibility index (Phi) is 4.20.